The maximum absolute atomic E-state index is 12.3. The SMILES string of the molecule is Cc1c(C)c2c(OCC(=O)Nc3ccccn3)cc3c(c2oc1=O)CCC(C)(C)O3. The van der Waals surface area contributed by atoms with Crippen LogP contribution in [0.3, 0.4) is 0 Å². The lowest BCUT2D eigenvalue weighted by molar-refractivity contribution is -0.118. The standard InChI is InChI=1S/C23H24N2O5/c1-13-14(2)22(27)29-21-15-8-9-23(3,4)30-16(15)11-17(20(13)21)28-12-19(26)25-18-7-5-6-10-24-18/h5-7,10-11H,8-9,12H2,1-4H3,(H,24,25,26). The van der Waals surface area contributed by atoms with Crippen molar-refractivity contribution >= 4 is 22.7 Å². The van der Waals surface area contributed by atoms with Crippen LogP contribution in [0.4, 0.5) is 5.82 Å². The third-order valence-electron chi connectivity index (χ3n) is 5.40. The minimum Gasteiger partial charge on any atom is -0.487 e. The molecule has 3 heterocycles. The quantitative estimate of drug-likeness (QED) is 0.658. The van der Waals surface area contributed by atoms with Gasteiger partial charge in [0.2, 0.25) is 0 Å². The second-order valence-corrected chi connectivity index (χ2v) is 8.11. The number of pyridine rings is 1. The summed E-state index contributed by atoms with van der Waals surface area (Å²) in [5.41, 5.74) is 1.90. The Bertz CT molecular complexity index is 1180. The molecule has 0 radical (unpaired) electrons. The van der Waals surface area contributed by atoms with Gasteiger partial charge in [-0.1, -0.05) is 6.07 Å². The summed E-state index contributed by atoms with van der Waals surface area (Å²) in [6, 6.07) is 7.04. The highest BCUT2D eigenvalue weighted by Crippen LogP contribution is 2.43. The largest absolute Gasteiger partial charge is 0.487 e. The van der Waals surface area contributed by atoms with E-state index in [9.17, 15) is 9.59 Å². The highest BCUT2D eigenvalue weighted by molar-refractivity contribution is 5.94. The van der Waals surface area contributed by atoms with Crippen LogP contribution in [0.5, 0.6) is 11.5 Å². The topological polar surface area (TPSA) is 90.7 Å². The molecule has 0 atom stereocenters. The fourth-order valence-corrected chi connectivity index (χ4v) is 3.61. The molecular weight excluding hydrogens is 384 g/mol. The second-order valence-electron chi connectivity index (χ2n) is 8.11. The minimum atomic E-state index is -0.378. The molecule has 7 heteroatoms. The van der Waals surface area contributed by atoms with Crippen molar-refractivity contribution in [1.82, 2.24) is 4.98 Å². The zero-order valence-corrected chi connectivity index (χ0v) is 17.5. The van der Waals surface area contributed by atoms with E-state index in [1.807, 2.05) is 20.8 Å². The predicted octanol–water partition coefficient (Wildman–Crippen LogP) is 3.93. The Kier molecular flexibility index (Phi) is 4.97. The summed E-state index contributed by atoms with van der Waals surface area (Å²) in [6.07, 6.45) is 3.13. The summed E-state index contributed by atoms with van der Waals surface area (Å²) in [4.78, 5) is 28.7. The zero-order valence-electron chi connectivity index (χ0n) is 17.5. The van der Waals surface area contributed by atoms with Crippen molar-refractivity contribution in [1.29, 1.82) is 0 Å². The number of amides is 1. The van der Waals surface area contributed by atoms with Gasteiger partial charge in [0.25, 0.3) is 5.91 Å². The molecule has 1 aliphatic rings. The Morgan fingerprint density at radius 2 is 2.07 bits per heavy atom. The normalized spacial score (nSPS) is 14.7. The van der Waals surface area contributed by atoms with Gasteiger partial charge in [-0.2, -0.15) is 0 Å². The fourth-order valence-electron chi connectivity index (χ4n) is 3.61. The van der Waals surface area contributed by atoms with Gasteiger partial charge >= 0.3 is 5.63 Å². The van der Waals surface area contributed by atoms with E-state index in [1.54, 1.807) is 37.4 Å². The summed E-state index contributed by atoms with van der Waals surface area (Å²) in [5, 5.41) is 3.39. The Morgan fingerprint density at radius 3 is 2.80 bits per heavy atom. The first-order valence-corrected chi connectivity index (χ1v) is 9.88. The summed E-state index contributed by atoms with van der Waals surface area (Å²) in [6.45, 7) is 7.38. The van der Waals surface area contributed by atoms with E-state index >= 15 is 0 Å². The number of hydrogen-bond acceptors (Lipinski definition) is 6. The molecular formula is C23H24N2O5. The van der Waals surface area contributed by atoms with E-state index in [4.69, 9.17) is 13.9 Å². The van der Waals surface area contributed by atoms with Crippen LogP contribution in [0.2, 0.25) is 0 Å². The maximum atomic E-state index is 12.3. The molecule has 0 spiro atoms. The first-order chi connectivity index (χ1) is 14.2. The van der Waals surface area contributed by atoms with Gasteiger partial charge in [0, 0.05) is 23.4 Å². The Balaban J connectivity index is 1.72. The van der Waals surface area contributed by atoms with E-state index in [-0.39, 0.29) is 23.7 Å². The van der Waals surface area contributed by atoms with Crippen LogP contribution in [-0.4, -0.2) is 23.1 Å². The van der Waals surface area contributed by atoms with Crippen LogP contribution in [0.25, 0.3) is 11.0 Å². The first-order valence-electron chi connectivity index (χ1n) is 9.88. The first kappa shape index (κ1) is 19.9. The number of hydrogen-bond donors (Lipinski definition) is 1. The molecule has 0 unspecified atom stereocenters. The number of aromatic nitrogens is 1. The number of aryl methyl sites for hydroxylation is 2. The lowest BCUT2D eigenvalue weighted by atomic mass is 9.92. The van der Waals surface area contributed by atoms with E-state index in [0.29, 0.717) is 33.8 Å². The van der Waals surface area contributed by atoms with Crippen LogP contribution in [0, 0.1) is 13.8 Å². The van der Waals surface area contributed by atoms with Crippen LogP contribution in [-0.2, 0) is 11.2 Å². The van der Waals surface area contributed by atoms with Gasteiger partial charge in [-0.15, -0.1) is 0 Å². The van der Waals surface area contributed by atoms with E-state index in [1.165, 1.54) is 0 Å². The summed E-state index contributed by atoms with van der Waals surface area (Å²) in [7, 11) is 0. The van der Waals surface area contributed by atoms with Crippen LogP contribution in [0.1, 0.15) is 37.0 Å². The number of ether oxygens (including phenoxy) is 2. The van der Waals surface area contributed by atoms with Crippen molar-refractivity contribution in [2.45, 2.75) is 46.1 Å². The minimum absolute atomic E-state index is 0.217. The fraction of sp³-hybridized carbons (Fsp3) is 0.348. The van der Waals surface area contributed by atoms with E-state index < -0.39 is 0 Å². The lowest BCUT2D eigenvalue weighted by Gasteiger charge is -2.33. The molecule has 4 rings (SSSR count). The second kappa shape index (κ2) is 7.48. The van der Waals surface area contributed by atoms with Crippen LogP contribution in [0.15, 0.2) is 39.7 Å². The molecule has 30 heavy (non-hydrogen) atoms. The van der Waals surface area contributed by atoms with Crippen molar-refractivity contribution in [3.63, 3.8) is 0 Å². The number of benzene rings is 1. The van der Waals surface area contributed by atoms with Crippen molar-refractivity contribution in [2.75, 3.05) is 11.9 Å². The average Bonchev–Trinajstić information content (AvgIpc) is 2.70. The molecule has 0 aliphatic carbocycles. The van der Waals surface area contributed by atoms with E-state index in [2.05, 4.69) is 10.3 Å². The molecule has 1 N–H and O–H groups in total. The number of anilines is 1. The highest BCUT2D eigenvalue weighted by Gasteiger charge is 2.31. The van der Waals surface area contributed by atoms with Gasteiger partial charge in [-0.3, -0.25) is 4.79 Å². The molecule has 0 fully saturated rings. The molecule has 7 nitrogen and oxygen atoms in total. The van der Waals surface area contributed by atoms with Gasteiger partial charge in [0.05, 0.1) is 5.39 Å². The summed E-state index contributed by atoms with van der Waals surface area (Å²) < 4.78 is 17.7. The van der Waals surface area contributed by atoms with Crippen molar-refractivity contribution in [3.05, 3.63) is 57.6 Å². The molecule has 156 valence electrons. The van der Waals surface area contributed by atoms with Crippen LogP contribution >= 0.6 is 0 Å². The molecule has 3 aromatic rings. The number of nitrogens with zero attached hydrogens (tertiary/aromatic N) is 1. The number of carbonyl (C=O) groups excluding carboxylic acids is 1. The maximum Gasteiger partial charge on any atom is 0.339 e. The van der Waals surface area contributed by atoms with Crippen LogP contribution < -0.4 is 20.4 Å². The molecule has 2 aromatic heterocycles. The Labute approximate surface area is 174 Å². The lowest BCUT2D eigenvalue weighted by Crippen LogP contribution is -2.32. The van der Waals surface area contributed by atoms with Gasteiger partial charge in [0.15, 0.2) is 6.61 Å². The third kappa shape index (κ3) is 3.75. The van der Waals surface area contributed by atoms with Crippen molar-refractivity contribution in [2.24, 2.45) is 0 Å². The molecule has 1 aliphatic heterocycles. The van der Waals surface area contributed by atoms with E-state index in [0.717, 1.165) is 24.0 Å². The summed E-state index contributed by atoms with van der Waals surface area (Å²) in [5.74, 6) is 1.17. The molecule has 0 saturated carbocycles. The zero-order chi connectivity index (χ0) is 21.5. The van der Waals surface area contributed by atoms with Crippen molar-refractivity contribution in [3.8, 4) is 11.5 Å². The van der Waals surface area contributed by atoms with Gasteiger partial charge in [-0.05, 0) is 58.2 Å². The van der Waals surface area contributed by atoms with Gasteiger partial charge in [0.1, 0.15) is 28.5 Å². The van der Waals surface area contributed by atoms with Gasteiger partial charge in [-0.25, -0.2) is 9.78 Å². The Hall–Kier alpha value is -3.35. The smallest absolute Gasteiger partial charge is 0.339 e. The predicted molar refractivity (Wildman–Crippen MR) is 113 cm³/mol. The Morgan fingerprint density at radius 1 is 1.27 bits per heavy atom. The molecule has 1 amide bonds. The van der Waals surface area contributed by atoms with Gasteiger partial charge < -0.3 is 19.2 Å². The number of carbonyl (C=O) groups is 1. The number of fused-ring (bicyclic) bond motifs is 3. The highest BCUT2D eigenvalue weighted by atomic mass is 16.5. The molecule has 1 aromatic carbocycles. The number of nitrogens with one attached hydrogen (secondary N) is 1. The summed E-state index contributed by atoms with van der Waals surface area (Å²) >= 11 is 0. The third-order valence-corrected chi connectivity index (χ3v) is 5.40. The molecule has 0 saturated heterocycles. The average molecular weight is 408 g/mol. The monoisotopic (exact) mass is 408 g/mol. The molecule has 0 bridgehead atoms. The number of rotatable bonds is 4. The van der Waals surface area contributed by atoms with Crippen molar-refractivity contribution < 1.29 is 18.7 Å².